The number of benzene rings is 2. The minimum Gasteiger partial charge on any atom is -0.364 e. The Labute approximate surface area is 149 Å². The maximum Gasteiger partial charge on any atom is 0.251 e. The summed E-state index contributed by atoms with van der Waals surface area (Å²) in [6.45, 7) is 2.26. The molecule has 2 aromatic carbocycles. The Hall–Kier alpha value is -2.34. The molecule has 5 nitrogen and oxygen atoms in total. The van der Waals surface area contributed by atoms with Gasteiger partial charge in [0.1, 0.15) is 0 Å². The first-order chi connectivity index (χ1) is 11.4. The number of halogens is 1. The van der Waals surface area contributed by atoms with Crippen LogP contribution < -0.4 is 15.5 Å². The van der Waals surface area contributed by atoms with E-state index in [9.17, 15) is 9.59 Å². The zero-order valence-corrected chi connectivity index (χ0v) is 15.1. The lowest BCUT2D eigenvalue weighted by Crippen LogP contribution is -2.35. The maximum absolute atomic E-state index is 12.5. The number of carbonyl (C=O) groups is 2. The molecule has 124 valence electrons. The van der Waals surface area contributed by atoms with Crippen LogP contribution in [0, 0.1) is 0 Å². The Balaban J connectivity index is 1.78. The molecule has 0 bridgehead atoms. The first-order valence-corrected chi connectivity index (χ1v) is 8.44. The van der Waals surface area contributed by atoms with E-state index in [-0.39, 0.29) is 17.9 Å². The summed E-state index contributed by atoms with van der Waals surface area (Å²) in [5.41, 5.74) is 3.11. The Morgan fingerprint density at radius 1 is 1.29 bits per heavy atom. The minimum absolute atomic E-state index is 0.0786. The molecule has 2 amide bonds. The van der Waals surface area contributed by atoms with Gasteiger partial charge in [-0.15, -0.1) is 0 Å². The van der Waals surface area contributed by atoms with E-state index in [1.807, 2.05) is 49.2 Å². The molecular weight excluding hydrogens is 370 g/mol. The highest BCUT2D eigenvalue weighted by Crippen LogP contribution is 2.29. The number of anilines is 2. The van der Waals surface area contributed by atoms with Crippen molar-refractivity contribution in [2.45, 2.75) is 13.0 Å². The molecule has 6 heteroatoms. The van der Waals surface area contributed by atoms with E-state index >= 15 is 0 Å². The average Bonchev–Trinajstić information content (AvgIpc) is 2.54. The summed E-state index contributed by atoms with van der Waals surface area (Å²) in [7, 11) is 1.85. The summed E-state index contributed by atoms with van der Waals surface area (Å²) in [6, 6.07) is 13.1. The Morgan fingerprint density at radius 2 is 2.08 bits per heavy atom. The van der Waals surface area contributed by atoms with Gasteiger partial charge >= 0.3 is 0 Å². The van der Waals surface area contributed by atoms with E-state index in [1.54, 1.807) is 12.1 Å². The standard InChI is InChI=1S/C18H18BrN3O2/c1-11(12-4-3-5-14(19)8-12)20-18(24)13-6-7-16-15(9-13)21-17(23)10-22(16)2/h3-9,11H,10H2,1-2H3,(H,20,24)(H,21,23). The Kier molecular flexibility index (Phi) is 4.57. The van der Waals surface area contributed by atoms with Crippen LogP contribution in [0.1, 0.15) is 28.9 Å². The van der Waals surface area contributed by atoms with Gasteiger partial charge in [0.2, 0.25) is 5.91 Å². The first-order valence-electron chi connectivity index (χ1n) is 7.65. The monoisotopic (exact) mass is 387 g/mol. The largest absolute Gasteiger partial charge is 0.364 e. The number of rotatable bonds is 3. The van der Waals surface area contributed by atoms with E-state index in [0.717, 1.165) is 15.7 Å². The third-order valence-corrected chi connectivity index (χ3v) is 4.51. The number of likely N-dealkylation sites (N-methyl/N-ethyl adjacent to an activating group) is 1. The molecule has 0 aliphatic carbocycles. The van der Waals surface area contributed by atoms with E-state index in [0.29, 0.717) is 17.8 Å². The molecule has 2 N–H and O–H groups in total. The molecule has 0 saturated carbocycles. The number of nitrogens with one attached hydrogen (secondary N) is 2. The first kappa shape index (κ1) is 16.5. The van der Waals surface area contributed by atoms with E-state index in [1.165, 1.54) is 0 Å². The van der Waals surface area contributed by atoms with Crippen LogP contribution in [0.25, 0.3) is 0 Å². The van der Waals surface area contributed by atoms with Crippen molar-refractivity contribution in [2.75, 3.05) is 23.8 Å². The third kappa shape index (κ3) is 3.43. The van der Waals surface area contributed by atoms with Gasteiger partial charge in [0.25, 0.3) is 5.91 Å². The smallest absolute Gasteiger partial charge is 0.251 e. The van der Waals surface area contributed by atoms with Gasteiger partial charge in [-0.1, -0.05) is 28.1 Å². The maximum atomic E-state index is 12.5. The molecule has 0 spiro atoms. The lowest BCUT2D eigenvalue weighted by atomic mass is 10.1. The molecule has 1 aliphatic rings. The molecule has 1 heterocycles. The van der Waals surface area contributed by atoms with Crippen LogP contribution in [0.15, 0.2) is 46.9 Å². The predicted octanol–water partition coefficient (Wildman–Crippen LogP) is 3.33. The van der Waals surface area contributed by atoms with Crippen LogP contribution in [0.2, 0.25) is 0 Å². The molecule has 0 saturated heterocycles. The van der Waals surface area contributed by atoms with Crippen molar-refractivity contribution in [3.63, 3.8) is 0 Å². The van der Waals surface area contributed by atoms with Crippen LogP contribution in [0.3, 0.4) is 0 Å². The summed E-state index contributed by atoms with van der Waals surface area (Å²) in [4.78, 5) is 26.0. The van der Waals surface area contributed by atoms with Crippen molar-refractivity contribution >= 4 is 39.1 Å². The van der Waals surface area contributed by atoms with Crippen molar-refractivity contribution in [3.05, 3.63) is 58.1 Å². The minimum atomic E-state index is -0.173. The fraction of sp³-hybridized carbons (Fsp3) is 0.222. The number of nitrogens with zero attached hydrogens (tertiary/aromatic N) is 1. The van der Waals surface area contributed by atoms with Gasteiger partial charge in [0, 0.05) is 17.1 Å². The van der Waals surface area contributed by atoms with Crippen molar-refractivity contribution < 1.29 is 9.59 Å². The Bertz CT molecular complexity index is 807. The molecule has 2 aromatic rings. The highest BCUT2D eigenvalue weighted by Gasteiger charge is 2.21. The second kappa shape index (κ2) is 6.65. The second-order valence-corrected chi connectivity index (χ2v) is 6.80. The van der Waals surface area contributed by atoms with Crippen LogP contribution in [-0.2, 0) is 4.79 Å². The van der Waals surface area contributed by atoms with Crippen LogP contribution in [0.5, 0.6) is 0 Å². The van der Waals surface area contributed by atoms with Gasteiger partial charge in [-0.2, -0.15) is 0 Å². The number of fused-ring (bicyclic) bond motifs is 1. The van der Waals surface area contributed by atoms with Gasteiger partial charge in [-0.25, -0.2) is 0 Å². The molecule has 1 atom stereocenters. The summed E-state index contributed by atoms with van der Waals surface area (Å²) in [6.07, 6.45) is 0. The second-order valence-electron chi connectivity index (χ2n) is 5.89. The fourth-order valence-electron chi connectivity index (χ4n) is 2.74. The molecule has 0 radical (unpaired) electrons. The molecule has 0 aromatic heterocycles. The molecule has 1 aliphatic heterocycles. The number of hydrogen-bond acceptors (Lipinski definition) is 3. The number of amides is 2. The van der Waals surface area contributed by atoms with Crippen molar-refractivity contribution in [1.29, 1.82) is 0 Å². The van der Waals surface area contributed by atoms with Gasteiger partial charge in [-0.05, 0) is 42.8 Å². The third-order valence-electron chi connectivity index (χ3n) is 4.02. The lowest BCUT2D eigenvalue weighted by molar-refractivity contribution is -0.115. The summed E-state index contributed by atoms with van der Waals surface area (Å²) >= 11 is 3.44. The molecule has 0 fully saturated rings. The summed E-state index contributed by atoms with van der Waals surface area (Å²) in [5, 5.41) is 5.79. The van der Waals surface area contributed by atoms with Crippen molar-refractivity contribution in [2.24, 2.45) is 0 Å². The van der Waals surface area contributed by atoms with Crippen LogP contribution in [0.4, 0.5) is 11.4 Å². The summed E-state index contributed by atoms with van der Waals surface area (Å²) < 4.78 is 0.973. The van der Waals surface area contributed by atoms with Gasteiger partial charge < -0.3 is 15.5 Å². The predicted molar refractivity (Wildman–Crippen MR) is 98.4 cm³/mol. The SMILES string of the molecule is CC(NC(=O)c1ccc2c(c1)NC(=O)CN2C)c1cccc(Br)c1. The lowest BCUT2D eigenvalue weighted by Gasteiger charge is -2.27. The van der Waals surface area contributed by atoms with E-state index < -0.39 is 0 Å². The number of carbonyl (C=O) groups excluding carboxylic acids is 2. The highest BCUT2D eigenvalue weighted by molar-refractivity contribution is 9.10. The van der Waals surface area contributed by atoms with Crippen LogP contribution in [-0.4, -0.2) is 25.4 Å². The van der Waals surface area contributed by atoms with Crippen LogP contribution >= 0.6 is 15.9 Å². The molecular formula is C18H18BrN3O2. The van der Waals surface area contributed by atoms with Crippen molar-refractivity contribution in [1.82, 2.24) is 5.32 Å². The quantitative estimate of drug-likeness (QED) is 0.848. The van der Waals surface area contributed by atoms with Gasteiger partial charge in [0.15, 0.2) is 0 Å². The number of hydrogen-bond donors (Lipinski definition) is 2. The van der Waals surface area contributed by atoms with Crippen molar-refractivity contribution in [3.8, 4) is 0 Å². The average molecular weight is 388 g/mol. The zero-order valence-electron chi connectivity index (χ0n) is 13.5. The fourth-order valence-corrected chi connectivity index (χ4v) is 3.16. The van der Waals surface area contributed by atoms with E-state index in [2.05, 4.69) is 26.6 Å². The summed E-state index contributed by atoms with van der Waals surface area (Å²) in [5.74, 6) is -0.252. The van der Waals surface area contributed by atoms with E-state index in [4.69, 9.17) is 0 Å². The zero-order chi connectivity index (χ0) is 17.3. The van der Waals surface area contributed by atoms with Gasteiger partial charge in [-0.3, -0.25) is 9.59 Å². The highest BCUT2D eigenvalue weighted by atomic mass is 79.9. The Morgan fingerprint density at radius 3 is 2.83 bits per heavy atom. The molecule has 24 heavy (non-hydrogen) atoms. The van der Waals surface area contributed by atoms with Gasteiger partial charge in [0.05, 0.1) is 24.0 Å². The topological polar surface area (TPSA) is 61.4 Å². The normalized spacial score (nSPS) is 14.6. The molecule has 1 unspecified atom stereocenters. The molecule has 3 rings (SSSR count).